The van der Waals surface area contributed by atoms with E-state index >= 15 is 0 Å². The molecule has 5 heteroatoms. The van der Waals surface area contributed by atoms with Gasteiger partial charge in [-0.15, -0.1) is 0 Å². The third-order valence-electron chi connectivity index (χ3n) is 4.19. The lowest BCUT2D eigenvalue weighted by Gasteiger charge is -2.23. The molecule has 0 N–H and O–H groups in total. The van der Waals surface area contributed by atoms with Gasteiger partial charge in [-0.05, 0) is 23.5 Å². The quantitative estimate of drug-likeness (QED) is 0.632. The molecule has 1 aromatic rings. The summed E-state index contributed by atoms with van der Waals surface area (Å²) in [6, 6.07) is 7.05. The Morgan fingerprint density at radius 3 is 2.39 bits per heavy atom. The van der Waals surface area contributed by atoms with Crippen molar-refractivity contribution >= 4 is 17.8 Å². The van der Waals surface area contributed by atoms with Crippen molar-refractivity contribution in [2.45, 2.75) is 32.2 Å². The van der Waals surface area contributed by atoms with Crippen LogP contribution in [-0.2, 0) is 19.1 Å². The molecule has 5 nitrogen and oxygen atoms in total. The van der Waals surface area contributed by atoms with E-state index in [4.69, 9.17) is 4.74 Å². The van der Waals surface area contributed by atoms with E-state index in [1.807, 2.05) is 38.1 Å². The van der Waals surface area contributed by atoms with Crippen molar-refractivity contribution in [2.75, 3.05) is 6.61 Å². The van der Waals surface area contributed by atoms with Crippen molar-refractivity contribution < 1.29 is 19.1 Å². The molecular weight excluding hydrogens is 294 g/mol. The summed E-state index contributed by atoms with van der Waals surface area (Å²) in [7, 11) is 0. The smallest absolute Gasteiger partial charge is 0.313 e. The molecule has 0 saturated carbocycles. The Hall–Kier alpha value is -2.43. The number of hydrogen-bond acceptors (Lipinski definition) is 4. The highest BCUT2D eigenvalue weighted by molar-refractivity contribution is 6.13. The lowest BCUT2D eigenvalue weighted by atomic mass is 10.0. The molecule has 1 aliphatic heterocycles. The number of carbonyl (C=O) groups excluding carboxylic acids is 3. The summed E-state index contributed by atoms with van der Waals surface area (Å²) in [4.78, 5) is 37.6. The summed E-state index contributed by atoms with van der Waals surface area (Å²) in [6.07, 6.45) is 2.93. The second-order valence-corrected chi connectivity index (χ2v) is 6.34. The Balaban J connectivity index is 1.87. The van der Waals surface area contributed by atoms with Gasteiger partial charge in [0.15, 0.2) is 0 Å². The zero-order valence-electron chi connectivity index (χ0n) is 13.2. The number of fused-ring (bicyclic) bond motifs is 1. The number of nitrogens with zero attached hydrogens (tertiary/aromatic N) is 1. The molecular formula is C18H19NO4. The summed E-state index contributed by atoms with van der Waals surface area (Å²) < 4.78 is 5.37. The number of carbonyl (C=O) groups is 3. The number of benzene rings is 1. The molecule has 3 rings (SSSR count). The summed E-state index contributed by atoms with van der Waals surface area (Å²) in [5.74, 6) is -1.12. The van der Waals surface area contributed by atoms with Crippen LogP contribution in [0.3, 0.4) is 0 Å². The van der Waals surface area contributed by atoms with Gasteiger partial charge < -0.3 is 4.74 Å². The molecule has 2 atom stereocenters. The number of rotatable bonds is 4. The fourth-order valence-corrected chi connectivity index (χ4v) is 3.14. The van der Waals surface area contributed by atoms with Gasteiger partial charge in [0.05, 0.1) is 18.6 Å². The molecule has 23 heavy (non-hydrogen) atoms. The molecule has 0 unspecified atom stereocenters. The molecule has 2 amide bonds. The minimum atomic E-state index is -0.434. The van der Waals surface area contributed by atoms with Crippen LogP contribution in [0.25, 0.3) is 0 Å². The molecule has 0 fully saturated rings. The van der Waals surface area contributed by atoms with Crippen molar-refractivity contribution in [1.82, 2.24) is 4.90 Å². The lowest BCUT2D eigenvalue weighted by Crippen LogP contribution is -2.33. The average Bonchev–Trinajstić information content (AvgIpc) is 3.05. The first-order valence-corrected chi connectivity index (χ1v) is 7.79. The van der Waals surface area contributed by atoms with Crippen LogP contribution in [0, 0.1) is 5.92 Å². The fourth-order valence-electron chi connectivity index (χ4n) is 3.14. The van der Waals surface area contributed by atoms with Crippen LogP contribution in [0.1, 0.15) is 43.4 Å². The summed E-state index contributed by atoms with van der Waals surface area (Å²) in [5, 5.41) is 0. The molecule has 1 aromatic carbocycles. The van der Waals surface area contributed by atoms with Gasteiger partial charge in [-0.25, -0.2) is 0 Å². The van der Waals surface area contributed by atoms with Crippen molar-refractivity contribution in [1.29, 1.82) is 0 Å². The maximum atomic E-state index is 12.4. The number of imide groups is 1. The Morgan fingerprint density at radius 2 is 1.78 bits per heavy atom. The second kappa shape index (κ2) is 5.99. The molecule has 1 aliphatic carbocycles. The first-order valence-electron chi connectivity index (χ1n) is 7.79. The highest BCUT2D eigenvalue weighted by Crippen LogP contribution is 2.44. The lowest BCUT2D eigenvalue weighted by molar-refractivity contribution is -0.148. The van der Waals surface area contributed by atoms with E-state index in [2.05, 4.69) is 0 Å². The van der Waals surface area contributed by atoms with E-state index in [0.29, 0.717) is 13.0 Å². The van der Waals surface area contributed by atoms with Crippen molar-refractivity contribution in [2.24, 2.45) is 5.92 Å². The standard InChI is InChI=1S/C18H19NO4/c1-11(2)10-23-18(22)14-9-15(13-6-4-3-5-12(13)14)19-16(20)7-8-17(19)21/h3-8,11,14-15H,9-10H2,1-2H3/t14-,15-/m0/s1. The molecule has 0 radical (unpaired) electrons. The van der Waals surface area contributed by atoms with Gasteiger partial charge in [0, 0.05) is 12.2 Å². The van der Waals surface area contributed by atoms with Gasteiger partial charge in [-0.2, -0.15) is 0 Å². The van der Waals surface area contributed by atoms with Gasteiger partial charge in [0.25, 0.3) is 11.8 Å². The molecule has 1 heterocycles. The van der Waals surface area contributed by atoms with Crippen molar-refractivity contribution in [3.63, 3.8) is 0 Å². The number of hydrogen-bond donors (Lipinski definition) is 0. The fraction of sp³-hybridized carbons (Fsp3) is 0.389. The van der Waals surface area contributed by atoms with Crippen molar-refractivity contribution in [3.05, 3.63) is 47.5 Å². The zero-order chi connectivity index (χ0) is 16.6. The van der Waals surface area contributed by atoms with Crippen LogP contribution in [0.4, 0.5) is 0 Å². The van der Waals surface area contributed by atoms with E-state index in [9.17, 15) is 14.4 Å². The molecule has 0 saturated heterocycles. The van der Waals surface area contributed by atoms with Crippen LogP contribution in [-0.4, -0.2) is 29.3 Å². The maximum Gasteiger partial charge on any atom is 0.313 e. The molecule has 120 valence electrons. The van der Waals surface area contributed by atoms with Crippen LogP contribution in [0.15, 0.2) is 36.4 Å². The predicted octanol–water partition coefficient (Wildman–Crippen LogP) is 2.34. The highest BCUT2D eigenvalue weighted by Gasteiger charge is 2.43. The normalized spacial score (nSPS) is 22.8. The predicted molar refractivity (Wildman–Crippen MR) is 83.3 cm³/mol. The van der Waals surface area contributed by atoms with E-state index < -0.39 is 12.0 Å². The highest BCUT2D eigenvalue weighted by atomic mass is 16.5. The molecule has 0 aromatic heterocycles. The zero-order valence-corrected chi connectivity index (χ0v) is 13.2. The van der Waals surface area contributed by atoms with E-state index in [1.165, 1.54) is 17.1 Å². The van der Waals surface area contributed by atoms with Crippen molar-refractivity contribution in [3.8, 4) is 0 Å². The maximum absolute atomic E-state index is 12.4. The van der Waals surface area contributed by atoms with Crippen LogP contribution < -0.4 is 0 Å². The second-order valence-electron chi connectivity index (χ2n) is 6.34. The first-order chi connectivity index (χ1) is 11.0. The van der Waals surface area contributed by atoms with Gasteiger partial charge in [-0.3, -0.25) is 19.3 Å². The first kappa shape index (κ1) is 15.5. The van der Waals surface area contributed by atoms with Crippen LogP contribution in [0.5, 0.6) is 0 Å². The summed E-state index contributed by atoms with van der Waals surface area (Å²) in [6.45, 7) is 4.32. The van der Waals surface area contributed by atoms with Gasteiger partial charge >= 0.3 is 5.97 Å². The Labute approximate surface area is 134 Å². The number of amides is 2. The minimum absolute atomic E-state index is 0.261. The van der Waals surface area contributed by atoms with E-state index in [0.717, 1.165) is 11.1 Å². The van der Waals surface area contributed by atoms with Gasteiger partial charge in [0.1, 0.15) is 0 Å². The van der Waals surface area contributed by atoms with E-state index in [1.54, 1.807) is 0 Å². The summed E-state index contributed by atoms with van der Waals surface area (Å²) >= 11 is 0. The van der Waals surface area contributed by atoms with E-state index in [-0.39, 0.29) is 23.7 Å². The topological polar surface area (TPSA) is 63.7 Å². The Kier molecular flexibility index (Phi) is 4.03. The number of esters is 1. The monoisotopic (exact) mass is 313 g/mol. The largest absolute Gasteiger partial charge is 0.465 e. The van der Waals surface area contributed by atoms with Gasteiger partial charge in [-0.1, -0.05) is 38.1 Å². The van der Waals surface area contributed by atoms with Gasteiger partial charge in [0.2, 0.25) is 0 Å². The number of ether oxygens (including phenoxy) is 1. The molecule has 2 aliphatic rings. The third-order valence-corrected chi connectivity index (χ3v) is 4.19. The average molecular weight is 313 g/mol. The Morgan fingerprint density at radius 1 is 1.17 bits per heavy atom. The Bertz CT molecular complexity index is 674. The SMILES string of the molecule is CC(C)COC(=O)[C@H]1C[C@H](N2C(=O)C=CC2=O)c2ccccc21. The molecule has 0 spiro atoms. The van der Waals surface area contributed by atoms with Crippen LogP contribution in [0.2, 0.25) is 0 Å². The third kappa shape index (κ3) is 2.79. The molecule has 0 bridgehead atoms. The summed E-state index contributed by atoms with van der Waals surface area (Å²) in [5.41, 5.74) is 1.70. The van der Waals surface area contributed by atoms with Crippen LogP contribution >= 0.6 is 0 Å². The minimum Gasteiger partial charge on any atom is -0.465 e.